The standard InChI is InChI=1S/C7H17NO2S2/c1-3-8(4-2)12(9,10)7-5-6-11/h11H,3-7H2,1-2H3. The van der Waals surface area contributed by atoms with Gasteiger partial charge in [0.1, 0.15) is 0 Å². The quantitative estimate of drug-likeness (QED) is 0.665. The predicted molar refractivity (Wildman–Crippen MR) is 55.2 cm³/mol. The Kier molecular flexibility index (Phi) is 5.96. The Balaban J connectivity index is 4.17. The average molecular weight is 211 g/mol. The molecule has 0 aromatic heterocycles. The van der Waals surface area contributed by atoms with Gasteiger partial charge in [-0.25, -0.2) is 12.7 Å². The molecule has 0 aromatic rings. The molecule has 12 heavy (non-hydrogen) atoms. The minimum Gasteiger partial charge on any atom is -0.212 e. The molecule has 0 saturated heterocycles. The van der Waals surface area contributed by atoms with Crippen molar-refractivity contribution in [3.8, 4) is 0 Å². The van der Waals surface area contributed by atoms with Crippen LogP contribution in [-0.2, 0) is 10.0 Å². The van der Waals surface area contributed by atoms with E-state index in [9.17, 15) is 8.42 Å². The van der Waals surface area contributed by atoms with Crippen molar-refractivity contribution in [3.05, 3.63) is 0 Å². The van der Waals surface area contributed by atoms with Gasteiger partial charge in [0.05, 0.1) is 5.75 Å². The van der Waals surface area contributed by atoms with Crippen molar-refractivity contribution in [3.63, 3.8) is 0 Å². The summed E-state index contributed by atoms with van der Waals surface area (Å²) in [7, 11) is -3.00. The molecule has 74 valence electrons. The summed E-state index contributed by atoms with van der Waals surface area (Å²) in [5, 5.41) is 0. The molecular formula is C7H17NO2S2. The van der Waals surface area contributed by atoms with Crippen molar-refractivity contribution < 1.29 is 8.42 Å². The first-order chi connectivity index (χ1) is 5.58. The van der Waals surface area contributed by atoms with Gasteiger partial charge in [0.2, 0.25) is 10.0 Å². The minimum atomic E-state index is -3.00. The van der Waals surface area contributed by atoms with Crippen LogP contribution in [0.1, 0.15) is 20.3 Å². The first-order valence-electron chi connectivity index (χ1n) is 4.17. The monoisotopic (exact) mass is 211 g/mol. The fourth-order valence-electron chi connectivity index (χ4n) is 0.993. The van der Waals surface area contributed by atoms with Crippen LogP contribution < -0.4 is 0 Å². The van der Waals surface area contributed by atoms with E-state index in [0.29, 0.717) is 25.3 Å². The third-order valence-corrected chi connectivity index (χ3v) is 4.08. The molecule has 0 aliphatic rings. The molecule has 5 heteroatoms. The summed E-state index contributed by atoms with van der Waals surface area (Å²) in [6.45, 7) is 4.82. The van der Waals surface area contributed by atoms with Gasteiger partial charge in [-0.3, -0.25) is 0 Å². The van der Waals surface area contributed by atoms with Gasteiger partial charge in [-0.05, 0) is 12.2 Å². The van der Waals surface area contributed by atoms with Gasteiger partial charge in [0.15, 0.2) is 0 Å². The van der Waals surface area contributed by atoms with E-state index in [0.717, 1.165) is 0 Å². The molecule has 0 aliphatic carbocycles. The molecule has 0 bridgehead atoms. The number of hydrogen-bond donors (Lipinski definition) is 1. The fourth-order valence-corrected chi connectivity index (χ4v) is 2.92. The van der Waals surface area contributed by atoms with Gasteiger partial charge in [0.25, 0.3) is 0 Å². The van der Waals surface area contributed by atoms with Gasteiger partial charge < -0.3 is 0 Å². The molecule has 0 fully saturated rings. The molecule has 0 aromatic carbocycles. The summed E-state index contributed by atoms with van der Waals surface area (Å²) in [6.07, 6.45) is 0.627. The summed E-state index contributed by atoms with van der Waals surface area (Å²) in [5.74, 6) is 0.846. The normalized spacial score (nSPS) is 12.3. The SMILES string of the molecule is CCN(CC)S(=O)(=O)CCCS. The zero-order valence-electron chi connectivity index (χ0n) is 7.65. The lowest BCUT2D eigenvalue weighted by Crippen LogP contribution is -2.32. The molecule has 0 amide bonds. The Morgan fingerprint density at radius 1 is 1.25 bits per heavy atom. The van der Waals surface area contributed by atoms with Crippen LogP contribution in [0, 0.1) is 0 Å². The Labute approximate surface area is 80.6 Å². The van der Waals surface area contributed by atoms with Crippen LogP contribution in [0.5, 0.6) is 0 Å². The highest BCUT2D eigenvalue weighted by Gasteiger charge is 2.16. The highest BCUT2D eigenvalue weighted by molar-refractivity contribution is 7.89. The number of hydrogen-bond acceptors (Lipinski definition) is 3. The molecular weight excluding hydrogens is 194 g/mol. The van der Waals surface area contributed by atoms with Gasteiger partial charge in [-0.1, -0.05) is 13.8 Å². The highest BCUT2D eigenvalue weighted by Crippen LogP contribution is 2.02. The molecule has 0 saturated carbocycles. The van der Waals surface area contributed by atoms with E-state index in [2.05, 4.69) is 12.6 Å². The summed E-state index contributed by atoms with van der Waals surface area (Å²) >= 11 is 3.98. The zero-order valence-corrected chi connectivity index (χ0v) is 9.37. The van der Waals surface area contributed by atoms with Gasteiger partial charge in [-0.15, -0.1) is 0 Å². The number of thiol groups is 1. The second-order valence-electron chi connectivity index (χ2n) is 2.48. The largest absolute Gasteiger partial charge is 0.214 e. The van der Waals surface area contributed by atoms with Crippen LogP contribution in [0.3, 0.4) is 0 Å². The second kappa shape index (κ2) is 5.83. The van der Waals surface area contributed by atoms with Crippen LogP contribution >= 0.6 is 12.6 Å². The van der Waals surface area contributed by atoms with Crippen LogP contribution in [0.25, 0.3) is 0 Å². The van der Waals surface area contributed by atoms with Crippen molar-refractivity contribution in [1.29, 1.82) is 0 Å². The van der Waals surface area contributed by atoms with E-state index in [-0.39, 0.29) is 5.75 Å². The summed E-state index contributed by atoms with van der Waals surface area (Å²) in [6, 6.07) is 0. The minimum absolute atomic E-state index is 0.220. The van der Waals surface area contributed by atoms with Crippen molar-refractivity contribution >= 4 is 22.7 Å². The van der Waals surface area contributed by atoms with Gasteiger partial charge >= 0.3 is 0 Å². The van der Waals surface area contributed by atoms with E-state index in [1.165, 1.54) is 4.31 Å². The van der Waals surface area contributed by atoms with E-state index < -0.39 is 10.0 Å². The Morgan fingerprint density at radius 2 is 1.75 bits per heavy atom. The van der Waals surface area contributed by atoms with Crippen LogP contribution in [0.2, 0.25) is 0 Å². The van der Waals surface area contributed by atoms with Crippen molar-refractivity contribution in [2.45, 2.75) is 20.3 Å². The van der Waals surface area contributed by atoms with Gasteiger partial charge in [0, 0.05) is 13.1 Å². The molecule has 3 nitrogen and oxygen atoms in total. The van der Waals surface area contributed by atoms with E-state index >= 15 is 0 Å². The number of sulfonamides is 1. The maximum atomic E-state index is 11.4. The summed E-state index contributed by atoms with van der Waals surface area (Å²) in [4.78, 5) is 0. The van der Waals surface area contributed by atoms with Crippen molar-refractivity contribution in [2.24, 2.45) is 0 Å². The number of rotatable bonds is 6. The lowest BCUT2D eigenvalue weighted by Gasteiger charge is -2.17. The molecule has 0 atom stereocenters. The van der Waals surface area contributed by atoms with Crippen LogP contribution in [-0.4, -0.2) is 37.3 Å². The molecule has 0 rings (SSSR count). The maximum Gasteiger partial charge on any atom is 0.214 e. The highest BCUT2D eigenvalue weighted by atomic mass is 32.2. The van der Waals surface area contributed by atoms with E-state index in [1.807, 2.05) is 13.8 Å². The summed E-state index contributed by atoms with van der Waals surface area (Å²) < 4.78 is 24.4. The van der Waals surface area contributed by atoms with Gasteiger partial charge in [-0.2, -0.15) is 12.6 Å². The third-order valence-electron chi connectivity index (χ3n) is 1.66. The second-order valence-corrected chi connectivity index (χ2v) is 5.01. The lowest BCUT2D eigenvalue weighted by molar-refractivity contribution is 0.445. The lowest BCUT2D eigenvalue weighted by atomic mass is 10.6. The van der Waals surface area contributed by atoms with E-state index in [1.54, 1.807) is 0 Å². The number of nitrogens with zero attached hydrogens (tertiary/aromatic N) is 1. The molecule has 0 aliphatic heterocycles. The summed E-state index contributed by atoms with van der Waals surface area (Å²) in [5.41, 5.74) is 0. The maximum absolute atomic E-state index is 11.4. The van der Waals surface area contributed by atoms with Crippen LogP contribution in [0.4, 0.5) is 0 Å². The van der Waals surface area contributed by atoms with Crippen molar-refractivity contribution in [2.75, 3.05) is 24.6 Å². The smallest absolute Gasteiger partial charge is 0.212 e. The Morgan fingerprint density at radius 3 is 2.08 bits per heavy atom. The molecule has 0 heterocycles. The average Bonchev–Trinajstić information content (AvgIpc) is 2.03. The Bertz CT molecular complexity index is 197. The molecule has 0 N–H and O–H groups in total. The topological polar surface area (TPSA) is 37.4 Å². The first-order valence-corrected chi connectivity index (χ1v) is 6.41. The van der Waals surface area contributed by atoms with E-state index in [4.69, 9.17) is 0 Å². The first kappa shape index (κ1) is 12.3. The predicted octanol–water partition coefficient (Wildman–Crippen LogP) is 0.978. The van der Waals surface area contributed by atoms with Crippen LogP contribution in [0.15, 0.2) is 0 Å². The Hall–Kier alpha value is 0.260. The fraction of sp³-hybridized carbons (Fsp3) is 1.00. The van der Waals surface area contributed by atoms with Crippen molar-refractivity contribution in [1.82, 2.24) is 4.31 Å². The molecule has 0 unspecified atom stereocenters. The third kappa shape index (κ3) is 3.78. The molecule has 0 spiro atoms. The zero-order chi connectivity index (χ0) is 9.61. The molecule has 0 radical (unpaired) electrons.